The van der Waals surface area contributed by atoms with Crippen molar-refractivity contribution in [3.8, 4) is 0 Å². The van der Waals surface area contributed by atoms with Gasteiger partial charge in [-0.05, 0) is 37.6 Å². The lowest BCUT2D eigenvalue weighted by Crippen LogP contribution is -2.25. The van der Waals surface area contributed by atoms with Crippen LogP contribution in [-0.2, 0) is 10.0 Å². The van der Waals surface area contributed by atoms with Gasteiger partial charge in [0.25, 0.3) is 0 Å². The molecule has 0 aliphatic heterocycles. The Labute approximate surface area is 106 Å². The number of nitrogens with one attached hydrogen (secondary N) is 1. The molecule has 0 saturated carbocycles. The molecule has 3 nitrogen and oxygen atoms in total. The summed E-state index contributed by atoms with van der Waals surface area (Å²) in [4.78, 5) is 0.208. The Kier molecular flexibility index (Phi) is 5.05. The van der Waals surface area contributed by atoms with Crippen LogP contribution in [0.15, 0.2) is 29.2 Å². The van der Waals surface area contributed by atoms with E-state index >= 15 is 0 Å². The third-order valence-corrected chi connectivity index (χ3v) is 3.91. The zero-order valence-electron chi connectivity index (χ0n) is 8.78. The van der Waals surface area contributed by atoms with Crippen LogP contribution in [-0.4, -0.2) is 20.3 Å². The van der Waals surface area contributed by atoms with Crippen molar-refractivity contribution in [2.75, 3.05) is 6.54 Å². The lowest BCUT2D eigenvalue weighted by molar-refractivity contribution is 0.579. The van der Waals surface area contributed by atoms with E-state index in [4.69, 9.17) is 23.2 Å². The van der Waals surface area contributed by atoms with Crippen molar-refractivity contribution < 1.29 is 8.42 Å². The van der Waals surface area contributed by atoms with Crippen molar-refractivity contribution in [2.45, 2.75) is 23.6 Å². The monoisotopic (exact) mass is 281 g/mol. The lowest BCUT2D eigenvalue weighted by Gasteiger charge is -2.07. The normalized spacial score (nSPS) is 13.7. The molecule has 1 rings (SSSR count). The summed E-state index contributed by atoms with van der Waals surface area (Å²) in [5, 5.41) is 0.459. The average Bonchev–Trinajstić information content (AvgIpc) is 2.17. The van der Waals surface area contributed by atoms with Gasteiger partial charge in [0.05, 0.1) is 4.90 Å². The van der Waals surface area contributed by atoms with E-state index in [1.165, 1.54) is 12.1 Å². The minimum absolute atomic E-state index is 0.0482. The molecule has 0 bridgehead atoms. The Morgan fingerprint density at radius 1 is 1.31 bits per heavy atom. The molecule has 0 spiro atoms. The predicted octanol–water partition coefficient (Wildman–Crippen LogP) is 2.64. The summed E-state index contributed by atoms with van der Waals surface area (Å²) in [7, 11) is -3.44. The number of benzene rings is 1. The van der Waals surface area contributed by atoms with Gasteiger partial charge in [0, 0.05) is 16.9 Å². The second-order valence-electron chi connectivity index (χ2n) is 3.42. The smallest absolute Gasteiger partial charge is 0.211 e. The molecule has 0 fully saturated rings. The van der Waals surface area contributed by atoms with Gasteiger partial charge in [-0.25, -0.2) is 13.1 Å². The fraction of sp³-hybridized carbons (Fsp3) is 0.400. The molecule has 0 radical (unpaired) electrons. The van der Waals surface area contributed by atoms with Crippen molar-refractivity contribution >= 4 is 33.2 Å². The molecule has 0 aliphatic carbocycles. The van der Waals surface area contributed by atoms with Crippen LogP contribution in [0.2, 0.25) is 5.02 Å². The Morgan fingerprint density at radius 3 is 2.38 bits per heavy atom. The number of halogens is 2. The van der Waals surface area contributed by atoms with Gasteiger partial charge in [-0.1, -0.05) is 11.6 Å². The first-order valence-electron chi connectivity index (χ1n) is 4.81. The van der Waals surface area contributed by atoms with E-state index in [-0.39, 0.29) is 10.3 Å². The molecule has 1 unspecified atom stereocenters. The molecule has 0 aliphatic rings. The molecule has 1 aromatic carbocycles. The Morgan fingerprint density at radius 2 is 1.88 bits per heavy atom. The second-order valence-corrected chi connectivity index (χ2v) is 6.37. The van der Waals surface area contributed by atoms with Gasteiger partial charge >= 0.3 is 0 Å². The van der Waals surface area contributed by atoms with Gasteiger partial charge in [-0.3, -0.25) is 0 Å². The first kappa shape index (κ1) is 13.8. The quantitative estimate of drug-likeness (QED) is 0.844. The van der Waals surface area contributed by atoms with Crippen LogP contribution in [0.4, 0.5) is 0 Å². The second kappa shape index (κ2) is 5.87. The molecule has 0 aromatic heterocycles. The molecular formula is C10H13Cl2NO2S. The van der Waals surface area contributed by atoms with Crippen LogP contribution >= 0.6 is 23.2 Å². The number of alkyl halides is 1. The maximum atomic E-state index is 11.7. The summed E-state index contributed by atoms with van der Waals surface area (Å²) < 4.78 is 25.9. The highest BCUT2D eigenvalue weighted by Crippen LogP contribution is 2.13. The minimum atomic E-state index is -3.44. The topological polar surface area (TPSA) is 46.2 Å². The van der Waals surface area contributed by atoms with Gasteiger partial charge in [-0.15, -0.1) is 11.6 Å². The zero-order valence-corrected chi connectivity index (χ0v) is 11.1. The lowest BCUT2D eigenvalue weighted by atomic mass is 10.3. The zero-order chi connectivity index (χ0) is 12.2. The predicted molar refractivity (Wildman–Crippen MR) is 66.6 cm³/mol. The molecule has 0 amide bonds. The van der Waals surface area contributed by atoms with Crippen molar-refractivity contribution in [2.24, 2.45) is 0 Å². The number of hydrogen-bond acceptors (Lipinski definition) is 2. The summed E-state index contributed by atoms with van der Waals surface area (Å²) in [5.41, 5.74) is 0. The fourth-order valence-corrected chi connectivity index (χ4v) is 2.37. The van der Waals surface area contributed by atoms with Gasteiger partial charge in [-0.2, -0.15) is 0 Å². The molecule has 0 saturated heterocycles. The maximum Gasteiger partial charge on any atom is 0.240 e. The Hall–Kier alpha value is -0.290. The first-order valence-corrected chi connectivity index (χ1v) is 7.11. The molecular weight excluding hydrogens is 269 g/mol. The molecule has 1 N–H and O–H groups in total. The van der Waals surface area contributed by atoms with Crippen molar-refractivity contribution in [3.05, 3.63) is 29.3 Å². The highest BCUT2D eigenvalue weighted by Gasteiger charge is 2.13. The van der Waals surface area contributed by atoms with Crippen molar-refractivity contribution in [1.82, 2.24) is 4.72 Å². The first-order chi connectivity index (χ1) is 7.42. The standard InChI is InChI=1S/C10H13Cl2NO2S/c1-8(11)6-7-13-16(14,15)10-4-2-9(12)3-5-10/h2-5,8,13H,6-7H2,1H3. The molecule has 1 atom stereocenters. The SMILES string of the molecule is CC(Cl)CCNS(=O)(=O)c1ccc(Cl)cc1. The highest BCUT2D eigenvalue weighted by atomic mass is 35.5. The van der Waals surface area contributed by atoms with Gasteiger partial charge < -0.3 is 0 Å². The Bertz CT molecular complexity index is 429. The number of sulfonamides is 1. The van der Waals surface area contributed by atoms with Crippen LogP contribution in [0.3, 0.4) is 0 Å². The van der Waals surface area contributed by atoms with Gasteiger partial charge in [0.1, 0.15) is 0 Å². The van der Waals surface area contributed by atoms with E-state index in [9.17, 15) is 8.42 Å². The maximum absolute atomic E-state index is 11.7. The van der Waals surface area contributed by atoms with Crippen LogP contribution in [0, 0.1) is 0 Å². The van der Waals surface area contributed by atoms with E-state index in [1.54, 1.807) is 12.1 Å². The highest BCUT2D eigenvalue weighted by molar-refractivity contribution is 7.89. The summed E-state index contributed by atoms with van der Waals surface area (Å²) in [6.07, 6.45) is 0.592. The van der Waals surface area contributed by atoms with E-state index in [2.05, 4.69) is 4.72 Å². The van der Waals surface area contributed by atoms with Crippen LogP contribution in [0.25, 0.3) is 0 Å². The molecule has 0 heterocycles. The largest absolute Gasteiger partial charge is 0.240 e. The summed E-state index contributed by atoms with van der Waals surface area (Å²) >= 11 is 11.4. The van der Waals surface area contributed by atoms with E-state index in [0.717, 1.165) is 0 Å². The summed E-state index contributed by atoms with van der Waals surface area (Å²) in [5.74, 6) is 0. The van der Waals surface area contributed by atoms with Crippen LogP contribution in [0.1, 0.15) is 13.3 Å². The van der Waals surface area contributed by atoms with Crippen molar-refractivity contribution in [3.63, 3.8) is 0 Å². The Balaban J connectivity index is 2.67. The van der Waals surface area contributed by atoms with Crippen molar-refractivity contribution in [1.29, 1.82) is 0 Å². The van der Waals surface area contributed by atoms with E-state index < -0.39 is 10.0 Å². The third-order valence-electron chi connectivity index (χ3n) is 1.96. The summed E-state index contributed by atoms with van der Waals surface area (Å²) in [6, 6.07) is 6.02. The third kappa shape index (κ3) is 4.29. The van der Waals surface area contributed by atoms with E-state index in [1.807, 2.05) is 6.92 Å². The van der Waals surface area contributed by atoms with Gasteiger partial charge in [0.2, 0.25) is 10.0 Å². The van der Waals surface area contributed by atoms with E-state index in [0.29, 0.717) is 18.0 Å². The van der Waals surface area contributed by atoms with Gasteiger partial charge in [0.15, 0.2) is 0 Å². The molecule has 6 heteroatoms. The van der Waals surface area contributed by atoms with Crippen LogP contribution < -0.4 is 4.72 Å². The number of rotatable bonds is 5. The summed E-state index contributed by atoms with van der Waals surface area (Å²) in [6.45, 7) is 2.15. The van der Waals surface area contributed by atoms with Crippen LogP contribution in [0.5, 0.6) is 0 Å². The number of hydrogen-bond donors (Lipinski definition) is 1. The average molecular weight is 282 g/mol. The fourth-order valence-electron chi connectivity index (χ4n) is 1.09. The molecule has 1 aromatic rings. The molecule has 16 heavy (non-hydrogen) atoms. The molecule has 90 valence electrons. The minimum Gasteiger partial charge on any atom is -0.211 e.